The van der Waals surface area contributed by atoms with Crippen LogP contribution < -0.4 is 20.9 Å². The number of nitrogen functional groups attached to an aromatic ring is 1. The molecule has 0 bridgehead atoms. The van der Waals surface area contributed by atoms with E-state index in [1.165, 1.54) is 0 Å². The molecule has 0 unspecified atom stereocenters. The van der Waals surface area contributed by atoms with Gasteiger partial charge in [-0.25, -0.2) is 0 Å². The van der Waals surface area contributed by atoms with E-state index in [0.717, 1.165) is 28.3 Å². The van der Waals surface area contributed by atoms with Crippen LogP contribution in [-0.2, 0) is 6.54 Å². The number of nitrogens with two attached hydrogens (primary N) is 2. The summed E-state index contributed by atoms with van der Waals surface area (Å²) in [4.78, 5) is 4.57. The van der Waals surface area contributed by atoms with Crippen molar-refractivity contribution in [1.29, 1.82) is 0 Å². The van der Waals surface area contributed by atoms with E-state index in [9.17, 15) is 0 Å². The molecule has 0 saturated carbocycles. The topological polar surface area (TPSA) is 82.9 Å². The van der Waals surface area contributed by atoms with E-state index in [1.54, 1.807) is 7.11 Å². The molecule has 1 heterocycles. The third kappa shape index (κ3) is 3.29. The van der Waals surface area contributed by atoms with Crippen LogP contribution in [0.4, 0.5) is 5.69 Å². The average molecular weight is 309 g/mol. The molecule has 2 aromatic rings. The summed E-state index contributed by atoms with van der Waals surface area (Å²) < 4.78 is 11.1. The van der Waals surface area contributed by atoms with Crippen molar-refractivity contribution in [3.05, 3.63) is 59.7 Å². The zero-order valence-electron chi connectivity index (χ0n) is 13.0. The predicted molar refractivity (Wildman–Crippen MR) is 92.6 cm³/mol. The number of methoxy groups -OCH3 is 1. The van der Waals surface area contributed by atoms with Crippen molar-refractivity contribution < 1.29 is 9.47 Å². The highest BCUT2D eigenvalue weighted by Crippen LogP contribution is 2.26. The minimum absolute atomic E-state index is 0.353. The molecular weight excluding hydrogens is 290 g/mol. The van der Waals surface area contributed by atoms with E-state index in [0.29, 0.717) is 24.5 Å². The summed E-state index contributed by atoms with van der Waals surface area (Å²) in [7, 11) is 1.62. The molecule has 5 nitrogen and oxygen atoms in total. The first-order chi connectivity index (χ1) is 11.2. The number of para-hydroxylation sites is 1. The Morgan fingerprint density at radius 2 is 2.09 bits per heavy atom. The fraction of sp³-hybridized carbons (Fsp3) is 0.167. The lowest BCUT2D eigenvalue weighted by atomic mass is 10.1. The normalized spacial score (nSPS) is 14.3. The molecule has 3 rings (SSSR count). The maximum atomic E-state index is 6.21. The van der Waals surface area contributed by atoms with E-state index < -0.39 is 0 Å². The highest BCUT2D eigenvalue weighted by molar-refractivity contribution is 6.02. The van der Waals surface area contributed by atoms with Crippen LogP contribution in [0.2, 0.25) is 0 Å². The summed E-state index contributed by atoms with van der Waals surface area (Å²) in [6, 6.07) is 13.2. The van der Waals surface area contributed by atoms with Crippen molar-refractivity contribution in [1.82, 2.24) is 0 Å². The summed E-state index contributed by atoms with van der Waals surface area (Å²) >= 11 is 0. The Kier molecular flexibility index (Phi) is 4.19. The second-order valence-corrected chi connectivity index (χ2v) is 5.26. The zero-order valence-corrected chi connectivity index (χ0v) is 13.0. The van der Waals surface area contributed by atoms with Crippen LogP contribution in [0.3, 0.4) is 0 Å². The number of fused-ring (bicyclic) bond motifs is 1. The highest BCUT2D eigenvalue weighted by atomic mass is 16.5. The molecule has 1 aliphatic rings. The Bertz CT molecular complexity index is 782. The molecule has 23 heavy (non-hydrogen) atoms. The summed E-state index contributed by atoms with van der Waals surface area (Å²) in [5.74, 6) is 1.50. The van der Waals surface area contributed by atoms with Gasteiger partial charge in [0.05, 0.1) is 19.4 Å². The van der Waals surface area contributed by atoms with Crippen LogP contribution >= 0.6 is 0 Å². The van der Waals surface area contributed by atoms with Gasteiger partial charge >= 0.3 is 0 Å². The molecule has 118 valence electrons. The van der Waals surface area contributed by atoms with Crippen LogP contribution in [0, 0.1) is 0 Å². The van der Waals surface area contributed by atoms with Gasteiger partial charge in [0.2, 0.25) is 0 Å². The fourth-order valence-electron chi connectivity index (χ4n) is 2.45. The monoisotopic (exact) mass is 309 g/mol. The van der Waals surface area contributed by atoms with Crippen molar-refractivity contribution in [2.24, 2.45) is 10.7 Å². The van der Waals surface area contributed by atoms with Gasteiger partial charge in [-0.2, -0.15) is 0 Å². The summed E-state index contributed by atoms with van der Waals surface area (Å²) in [6.45, 7) is 0.896. The first-order valence-electron chi connectivity index (χ1n) is 7.32. The first kappa shape index (κ1) is 15.0. The SMILES string of the molecule is COc1ccccc1/C(N)=C/C1=NCc2ccc(N)cc2OC1. The van der Waals surface area contributed by atoms with E-state index in [1.807, 2.05) is 48.5 Å². The van der Waals surface area contributed by atoms with Crippen molar-refractivity contribution in [3.63, 3.8) is 0 Å². The Morgan fingerprint density at radius 3 is 2.91 bits per heavy atom. The van der Waals surface area contributed by atoms with E-state index in [2.05, 4.69) is 4.99 Å². The Morgan fingerprint density at radius 1 is 1.26 bits per heavy atom. The lowest BCUT2D eigenvalue weighted by molar-refractivity contribution is 0.377. The smallest absolute Gasteiger partial charge is 0.130 e. The van der Waals surface area contributed by atoms with Gasteiger partial charge in [-0.1, -0.05) is 18.2 Å². The zero-order chi connectivity index (χ0) is 16.2. The Labute approximate surface area is 135 Å². The van der Waals surface area contributed by atoms with Crippen LogP contribution in [-0.4, -0.2) is 19.4 Å². The van der Waals surface area contributed by atoms with Gasteiger partial charge in [0.15, 0.2) is 0 Å². The van der Waals surface area contributed by atoms with Gasteiger partial charge in [0.1, 0.15) is 18.1 Å². The number of hydrogen-bond acceptors (Lipinski definition) is 5. The molecule has 0 aromatic heterocycles. The number of nitrogens with zero attached hydrogens (tertiary/aromatic N) is 1. The maximum absolute atomic E-state index is 6.21. The third-order valence-corrected chi connectivity index (χ3v) is 3.66. The van der Waals surface area contributed by atoms with E-state index in [4.69, 9.17) is 20.9 Å². The summed E-state index contributed by atoms with van der Waals surface area (Å²) in [5.41, 5.74) is 15.9. The molecule has 1 aliphatic heterocycles. The number of benzene rings is 2. The Hall–Kier alpha value is -2.95. The maximum Gasteiger partial charge on any atom is 0.130 e. The summed E-state index contributed by atoms with van der Waals surface area (Å²) in [6.07, 6.45) is 1.83. The quantitative estimate of drug-likeness (QED) is 0.854. The number of rotatable bonds is 3. The van der Waals surface area contributed by atoms with Gasteiger partial charge in [-0.3, -0.25) is 4.99 Å². The second-order valence-electron chi connectivity index (χ2n) is 5.26. The van der Waals surface area contributed by atoms with Crippen LogP contribution in [0.5, 0.6) is 11.5 Å². The van der Waals surface area contributed by atoms with Gasteiger partial charge in [-0.15, -0.1) is 0 Å². The molecule has 0 atom stereocenters. The molecule has 0 radical (unpaired) electrons. The lowest BCUT2D eigenvalue weighted by Gasteiger charge is -2.09. The summed E-state index contributed by atoms with van der Waals surface area (Å²) in [5, 5.41) is 0. The molecule has 0 saturated heterocycles. The molecular formula is C18H19N3O2. The Balaban J connectivity index is 1.85. The highest BCUT2D eigenvalue weighted by Gasteiger charge is 2.12. The van der Waals surface area contributed by atoms with Gasteiger partial charge in [-0.05, 0) is 24.3 Å². The number of aliphatic imine (C=N–C) groups is 1. The standard InChI is InChI=1S/C18H19N3O2/c1-22-17-5-3-2-4-15(17)16(20)9-14-11-23-18-8-13(19)7-6-12(18)10-21-14/h2-9H,10-11,19-20H2,1H3/b16-9-. The predicted octanol–water partition coefficient (Wildman–Crippen LogP) is 2.61. The van der Waals surface area contributed by atoms with Gasteiger partial charge in [0.25, 0.3) is 0 Å². The molecule has 0 spiro atoms. The van der Waals surface area contributed by atoms with Crippen molar-refractivity contribution >= 4 is 17.1 Å². The number of anilines is 1. The second kappa shape index (κ2) is 6.44. The fourth-order valence-corrected chi connectivity index (χ4v) is 2.45. The van der Waals surface area contributed by atoms with E-state index in [-0.39, 0.29) is 0 Å². The van der Waals surface area contributed by atoms with Crippen LogP contribution in [0.15, 0.2) is 53.5 Å². The minimum atomic E-state index is 0.353. The number of hydrogen-bond donors (Lipinski definition) is 2. The molecule has 0 aliphatic carbocycles. The molecule has 0 fully saturated rings. The molecule has 0 amide bonds. The minimum Gasteiger partial charge on any atom is -0.496 e. The van der Waals surface area contributed by atoms with Gasteiger partial charge in [0, 0.05) is 28.6 Å². The van der Waals surface area contributed by atoms with Crippen molar-refractivity contribution in [2.45, 2.75) is 6.54 Å². The van der Waals surface area contributed by atoms with Crippen molar-refractivity contribution in [2.75, 3.05) is 19.5 Å². The lowest BCUT2D eigenvalue weighted by Crippen LogP contribution is -2.10. The van der Waals surface area contributed by atoms with Crippen molar-refractivity contribution in [3.8, 4) is 11.5 Å². The number of ether oxygens (including phenoxy) is 2. The first-order valence-corrected chi connectivity index (χ1v) is 7.32. The van der Waals surface area contributed by atoms with Crippen LogP contribution in [0.1, 0.15) is 11.1 Å². The van der Waals surface area contributed by atoms with Gasteiger partial charge < -0.3 is 20.9 Å². The molecule has 4 N–H and O–H groups in total. The average Bonchev–Trinajstić information content (AvgIpc) is 2.77. The molecule has 2 aromatic carbocycles. The third-order valence-electron chi connectivity index (χ3n) is 3.66. The van der Waals surface area contributed by atoms with Crippen LogP contribution in [0.25, 0.3) is 5.70 Å². The molecule has 5 heteroatoms. The largest absolute Gasteiger partial charge is 0.496 e. The van der Waals surface area contributed by atoms with E-state index >= 15 is 0 Å².